The van der Waals surface area contributed by atoms with Crippen LogP contribution in [0.15, 0.2) is 48.5 Å². The number of benzene rings is 2. The molecule has 2 unspecified atom stereocenters. The van der Waals surface area contributed by atoms with Crippen LogP contribution in [0.2, 0.25) is 0 Å². The third-order valence-electron chi connectivity index (χ3n) is 6.36. The lowest BCUT2D eigenvalue weighted by atomic mass is 9.98. The number of amides is 2. The molecule has 0 aliphatic heterocycles. The standard InChI is InChI=1S/C25H28N2O5/c1-15(16-10-11-16)13-26-24(30)22(12-23(28)29)27-25(31)32-14-21-19-8-4-2-6-17(19)18-7-3-5-9-20(18)21/h2-9,15-16,21-22H,10-14H2,1H3,(H,26,30)(H,27,31)(H,28,29). The van der Waals surface area contributed by atoms with Crippen LogP contribution in [-0.2, 0) is 14.3 Å². The van der Waals surface area contributed by atoms with Crippen LogP contribution in [-0.4, -0.2) is 42.3 Å². The zero-order valence-electron chi connectivity index (χ0n) is 18.0. The second-order valence-electron chi connectivity index (χ2n) is 8.68. The lowest BCUT2D eigenvalue weighted by molar-refractivity contribution is -0.139. The highest BCUT2D eigenvalue weighted by Gasteiger charge is 2.31. The van der Waals surface area contributed by atoms with Gasteiger partial charge in [-0.2, -0.15) is 0 Å². The Hall–Kier alpha value is -3.35. The first kappa shape index (κ1) is 21.9. The molecule has 7 nitrogen and oxygen atoms in total. The zero-order chi connectivity index (χ0) is 22.7. The predicted molar refractivity (Wildman–Crippen MR) is 119 cm³/mol. The number of carbonyl (C=O) groups excluding carboxylic acids is 2. The van der Waals surface area contributed by atoms with Crippen molar-refractivity contribution < 1.29 is 24.2 Å². The molecule has 1 fully saturated rings. The van der Waals surface area contributed by atoms with Crippen molar-refractivity contribution in [2.24, 2.45) is 11.8 Å². The molecule has 0 radical (unpaired) electrons. The van der Waals surface area contributed by atoms with E-state index in [0.717, 1.165) is 35.1 Å². The number of alkyl carbamates (subject to hydrolysis) is 1. The van der Waals surface area contributed by atoms with Crippen molar-refractivity contribution in [1.82, 2.24) is 10.6 Å². The summed E-state index contributed by atoms with van der Waals surface area (Å²) < 4.78 is 5.45. The molecular weight excluding hydrogens is 408 g/mol. The second-order valence-corrected chi connectivity index (χ2v) is 8.68. The Labute approximate surface area is 187 Å². The van der Waals surface area contributed by atoms with E-state index < -0.39 is 30.4 Å². The monoisotopic (exact) mass is 436 g/mol. The van der Waals surface area contributed by atoms with Crippen LogP contribution >= 0.6 is 0 Å². The van der Waals surface area contributed by atoms with Gasteiger partial charge in [0.25, 0.3) is 0 Å². The van der Waals surface area contributed by atoms with E-state index in [1.807, 2.05) is 48.5 Å². The number of ether oxygens (including phenoxy) is 1. The molecule has 32 heavy (non-hydrogen) atoms. The molecule has 2 aromatic rings. The third kappa shape index (κ3) is 4.93. The molecule has 1 saturated carbocycles. The zero-order valence-corrected chi connectivity index (χ0v) is 18.0. The minimum Gasteiger partial charge on any atom is -0.481 e. The summed E-state index contributed by atoms with van der Waals surface area (Å²) in [6, 6.07) is 14.8. The number of hydrogen-bond donors (Lipinski definition) is 3. The van der Waals surface area contributed by atoms with Crippen LogP contribution in [0.4, 0.5) is 4.79 Å². The molecule has 7 heteroatoms. The summed E-state index contributed by atoms with van der Waals surface area (Å²) in [5.41, 5.74) is 4.39. The quantitative estimate of drug-likeness (QED) is 0.558. The van der Waals surface area contributed by atoms with Crippen molar-refractivity contribution in [2.45, 2.75) is 38.1 Å². The van der Waals surface area contributed by atoms with E-state index in [9.17, 15) is 19.5 Å². The fourth-order valence-corrected chi connectivity index (χ4v) is 4.38. The lowest BCUT2D eigenvalue weighted by Crippen LogP contribution is -2.49. The van der Waals surface area contributed by atoms with Crippen LogP contribution in [0.3, 0.4) is 0 Å². The Morgan fingerprint density at radius 2 is 1.62 bits per heavy atom. The van der Waals surface area contributed by atoms with Crippen molar-refractivity contribution in [2.75, 3.05) is 13.2 Å². The molecule has 4 rings (SSSR count). The van der Waals surface area contributed by atoms with Crippen molar-refractivity contribution in [1.29, 1.82) is 0 Å². The Balaban J connectivity index is 1.37. The van der Waals surface area contributed by atoms with Gasteiger partial charge in [-0.25, -0.2) is 4.79 Å². The summed E-state index contributed by atoms with van der Waals surface area (Å²) in [6.07, 6.45) is 1.01. The maximum Gasteiger partial charge on any atom is 0.407 e. The summed E-state index contributed by atoms with van der Waals surface area (Å²) in [6.45, 7) is 2.62. The van der Waals surface area contributed by atoms with Gasteiger partial charge in [0.1, 0.15) is 12.6 Å². The van der Waals surface area contributed by atoms with Crippen LogP contribution in [0, 0.1) is 11.8 Å². The minimum atomic E-state index is -1.19. The van der Waals surface area contributed by atoms with Crippen molar-refractivity contribution >= 4 is 18.0 Å². The minimum absolute atomic E-state index is 0.0972. The summed E-state index contributed by atoms with van der Waals surface area (Å²) in [4.78, 5) is 36.2. The molecule has 0 heterocycles. The number of nitrogens with one attached hydrogen (secondary N) is 2. The highest BCUT2D eigenvalue weighted by atomic mass is 16.5. The molecule has 0 spiro atoms. The molecule has 2 aromatic carbocycles. The van der Waals surface area contributed by atoms with Gasteiger partial charge in [-0.1, -0.05) is 55.5 Å². The van der Waals surface area contributed by atoms with Crippen molar-refractivity contribution in [3.63, 3.8) is 0 Å². The van der Waals surface area contributed by atoms with Gasteiger partial charge in [0, 0.05) is 12.5 Å². The van der Waals surface area contributed by atoms with Crippen LogP contribution in [0.1, 0.15) is 43.2 Å². The highest BCUT2D eigenvalue weighted by Crippen LogP contribution is 2.44. The van der Waals surface area contributed by atoms with Gasteiger partial charge in [-0.3, -0.25) is 9.59 Å². The van der Waals surface area contributed by atoms with Crippen molar-refractivity contribution in [3.05, 3.63) is 59.7 Å². The number of hydrogen-bond acceptors (Lipinski definition) is 4. The smallest absolute Gasteiger partial charge is 0.407 e. The Morgan fingerprint density at radius 3 is 2.19 bits per heavy atom. The van der Waals surface area contributed by atoms with Gasteiger partial charge in [0.15, 0.2) is 0 Å². The van der Waals surface area contributed by atoms with Crippen LogP contribution < -0.4 is 10.6 Å². The molecular formula is C25H28N2O5. The largest absolute Gasteiger partial charge is 0.481 e. The first-order chi connectivity index (χ1) is 15.4. The molecule has 3 N–H and O–H groups in total. The van der Waals surface area contributed by atoms with E-state index in [4.69, 9.17) is 4.74 Å². The molecule has 2 aliphatic carbocycles. The number of carbonyl (C=O) groups is 3. The van der Waals surface area contributed by atoms with E-state index >= 15 is 0 Å². The summed E-state index contributed by atoms with van der Waals surface area (Å²) in [7, 11) is 0. The Bertz CT molecular complexity index is 971. The fourth-order valence-electron chi connectivity index (χ4n) is 4.38. The molecule has 0 saturated heterocycles. The fraction of sp³-hybridized carbons (Fsp3) is 0.400. The predicted octanol–water partition coefficient (Wildman–Crippen LogP) is 3.53. The van der Waals surface area contributed by atoms with E-state index in [1.54, 1.807) is 0 Å². The van der Waals surface area contributed by atoms with Gasteiger partial charge in [0.05, 0.1) is 6.42 Å². The Kier molecular flexibility index (Phi) is 6.44. The van der Waals surface area contributed by atoms with Crippen LogP contribution in [0.5, 0.6) is 0 Å². The normalized spacial score (nSPS) is 16.4. The van der Waals surface area contributed by atoms with Gasteiger partial charge in [-0.05, 0) is 46.9 Å². The lowest BCUT2D eigenvalue weighted by Gasteiger charge is -2.19. The number of rotatable bonds is 9. The third-order valence-corrected chi connectivity index (χ3v) is 6.36. The Morgan fingerprint density at radius 1 is 1.03 bits per heavy atom. The number of aliphatic carboxylic acids is 1. The molecule has 2 aliphatic rings. The average molecular weight is 437 g/mol. The highest BCUT2D eigenvalue weighted by molar-refractivity contribution is 5.89. The SMILES string of the molecule is CC(CNC(=O)C(CC(=O)O)NC(=O)OCC1c2ccccc2-c2ccccc21)C1CC1. The number of carboxylic acid groups (broad SMARTS) is 1. The summed E-state index contributed by atoms with van der Waals surface area (Å²) in [5.74, 6) is -0.839. The first-order valence-electron chi connectivity index (χ1n) is 11.0. The van der Waals surface area contributed by atoms with E-state index in [0.29, 0.717) is 18.4 Å². The van der Waals surface area contributed by atoms with Gasteiger partial charge in [0.2, 0.25) is 5.91 Å². The molecule has 168 valence electrons. The van der Waals surface area contributed by atoms with Gasteiger partial charge in [-0.15, -0.1) is 0 Å². The van der Waals surface area contributed by atoms with E-state index in [-0.39, 0.29) is 12.5 Å². The van der Waals surface area contributed by atoms with E-state index in [2.05, 4.69) is 17.6 Å². The number of fused-ring (bicyclic) bond motifs is 3. The molecule has 0 bridgehead atoms. The van der Waals surface area contributed by atoms with E-state index in [1.165, 1.54) is 0 Å². The maximum absolute atomic E-state index is 12.5. The molecule has 2 amide bonds. The number of carboxylic acids is 1. The second kappa shape index (κ2) is 9.42. The summed E-state index contributed by atoms with van der Waals surface area (Å²) >= 11 is 0. The van der Waals surface area contributed by atoms with Crippen molar-refractivity contribution in [3.8, 4) is 11.1 Å². The van der Waals surface area contributed by atoms with Crippen LogP contribution in [0.25, 0.3) is 11.1 Å². The van der Waals surface area contributed by atoms with Gasteiger partial charge >= 0.3 is 12.1 Å². The molecule has 0 aromatic heterocycles. The average Bonchev–Trinajstić information content (AvgIpc) is 3.58. The maximum atomic E-state index is 12.5. The topological polar surface area (TPSA) is 105 Å². The van der Waals surface area contributed by atoms with Gasteiger partial charge < -0.3 is 20.5 Å². The first-order valence-corrected chi connectivity index (χ1v) is 11.0. The summed E-state index contributed by atoms with van der Waals surface area (Å²) in [5, 5.41) is 14.4. The molecule has 2 atom stereocenters.